The second-order valence-electron chi connectivity index (χ2n) is 6.91. The number of nitrogens with two attached hydrogens (primary N) is 1. The van der Waals surface area contributed by atoms with Gasteiger partial charge >= 0.3 is 0 Å². The van der Waals surface area contributed by atoms with E-state index in [9.17, 15) is 14.4 Å². The molecular formula is C19H26N4O4. The minimum Gasteiger partial charge on any atom is -0.494 e. The van der Waals surface area contributed by atoms with Crippen molar-refractivity contribution in [1.82, 2.24) is 9.80 Å². The van der Waals surface area contributed by atoms with E-state index >= 15 is 0 Å². The topological polar surface area (TPSA) is 96.2 Å². The highest BCUT2D eigenvalue weighted by Gasteiger charge is 2.43. The highest BCUT2D eigenvalue weighted by Crippen LogP contribution is 2.28. The molecule has 2 heterocycles. The summed E-state index contributed by atoms with van der Waals surface area (Å²) in [7, 11) is 0. The minimum atomic E-state index is -0.441. The van der Waals surface area contributed by atoms with Crippen molar-refractivity contribution in [3.63, 3.8) is 0 Å². The highest BCUT2D eigenvalue weighted by atomic mass is 16.5. The maximum atomic E-state index is 12.9. The molecule has 0 spiro atoms. The first-order valence-electron chi connectivity index (χ1n) is 9.34. The molecule has 0 bridgehead atoms. The monoisotopic (exact) mass is 374 g/mol. The van der Waals surface area contributed by atoms with Crippen LogP contribution in [0.2, 0.25) is 0 Å². The highest BCUT2D eigenvalue weighted by molar-refractivity contribution is 6.22. The summed E-state index contributed by atoms with van der Waals surface area (Å²) >= 11 is 0. The van der Waals surface area contributed by atoms with Crippen molar-refractivity contribution < 1.29 is 19.1 Å². The average molecular weight is 374 g/mol. The first-order chi connectivity index (χ1) is 13.0. The fourth-order valence-corrected chi connectivity index (χ4v) is 3.54. The van der Waals surface area contributed by atoms with E-state index in [1.54, 1.807) is 24.3 Å². The lowest BCUT2D eigenvalue weighted by molar-refractivity contribution is -0.124. The Bertz CT molecular complexity index is 698. The molecule has 8 nitrogen and oxygen atoms in total. The number of carbonyl (C=O) groups excluding carboxylic acids is 3. The molecule has 2 fully saturated rings. The maximum Gasteiger partial charge on any atom is 0.251 e. The van der Waals surface area contributed by atoms with Gasteiger partial charge in [-0.2, -0.15) is 0 Å². The van der Waals surface area contributed by atoms with Gasteiger partial charge in [0, 0.05) is 26.2 Å². The number of amides is 3. The molecule has 1 aromatic carbocycles. The van der Waals surface area contributed by atoms with Crippen LogP contribution in [0.1, 0.15) is 19.8 Å². The fraction of sp³-hybridized carbons (Fsp3) is 0.526. The molecular weight excluding hydrogens is 348 g/mol. The van der Waals surface area contributed by atoms with Gasteiger partial charge in [0.05, 0.1) is 31.3 Å². The number of ether oxygens (including phenoxy) is 1. The average Bonchev–Trinajstić information content (AvgIpc) is 2.95. The zero-order chi connectivity index (χ0) is 19.4. The molecule has 1 unspecified atom stereocenters. The third-order valence-electron chi connectivity index (χ3n) is 4.92. The second kappa shape index (κ2) is 8.49. The minimum absolute atomic E-state index is 0.183. The van der Waals surface area contributed by atoms with Gasteiger partial charge in [0.15, 0.2) is 0 Å². The number of benzene rings is 1. The second-order valence-corrected chi connectivity index (χ2v) is 6.91. The smallest absolute Gasteiger partial charge is 0.251 e. The van der Waals surface area contributed by atoms with Gasteiger partial charge < -0.3 is 10.5 Å². The Labute approximate surface area is 158 Å². The standard InChI is InChI=1S/C19H26N4O4/c1-2-11-27-15-5-3-14(4-6-15)23-18(25)12-16(19(23)26)22-9-7-21(8-10-22)13-17(20)24/h3-6,16H,2,7-13H2,1H3,(H2,20,24). The Morgan fingerprint density at radius 3 is 2.41 bits per heavy atom. The summed E-state index contributed by atoms with van der Waals surface area (Å²) in [5, 5.41) is 0. The van der Waals surface area contributed by atoms with Crippen molar-refractivity contribution >= 4 is 23.4 Å². The number of hydrogen-bond acceptors (Lipinski definition) is 6. The van der Waals surface area contributed by atoms with Crippen molar-refractivity contribution in [3.05, 3.63) is 24.3 Å². The van der Waals surface area contributed by atoms with Gasteiger partial charge in [-0.25, -0.2) is 4.90 Å². The number of piperazine rings is 1. The van der Waals surface area contributed by atoms with Gasteiger partial charge in [0.25, 0.3) is 5.91 Å². The van der Waals surface area contributed by atoms with E-state index in [0.29, 0.717) is 38.5 Å². The number of imide groups is 1. The van der Waals surface area contributed by atoms with E-state index in [-0.39, 0.29) is 30.7 Å². The summed E-state index contributed by atoms with van der Waals surface area (Å²) < 4.78 is 5.55. The van der Waals surface area contributed by atoms with Crippen LogP contribution < -0.4 is 15.4 Å². The number of rotatable bonds is 7. The zero-order valence-corrected chi connectivity index (χ0v) is 15.6. The largest absolute Gasteiger partial charge is 0.494 e. The van der Waals surface area contributed by atoms with Gasteiger partial charge in [-0.05, 0) is 30.7 Å². The van der Waals surface area contributed by atoms with Gasteiger partial charge in [-0.3, -0.25) is 24.2 Å². The number of anilines is 1. The van der Waals surface area contributed by atoms with Crippen LogP contribution in [0.3, 0.4) is 0 Å². The van der Waals surface area contributed by atoms with Gasteiger partial charge in [-0.15, -0.1) is 0 Å². The first kappa shape index (κ1) is 19.3. The molecule has 3 rings (SSSR count). The lowest BCUT2D eigenvalue weighted by Crippen LogP contribution is -2.53. The lowest BCUT2D eigenvalue weighted by Gasteiger charge is -2.36. The summed E-state index contributed by atoms with van der Waals surface area (Å²) in [5.74, 6) is -0.00713. The Kier molecular flexibility index (Phi) is 6.08. The summed E-state index contributed by atoms with van der Waals surface area (Å²) in [6, 6.07) is 6.61. The number of primary amides is 1. The van der Waals surface area contributed by atoms with E-state index in [4.69, 9.17) is 10.5 Å². The Balaban J connectivity index is 1.62. The van der Waals surface area contributed by atoms with Crippen LogP contribution >= 0.6 is 0 Å². The summed E-state index contributed by atoms with van der Waals surface area (Å²) in [6.45, 7) is 5.47. The number of nitrogens with zero attached hydrogens (tertiary/aromatic N) is 3. The van der Waals surface area contributed by atoms with E-state index in [0.717, 1.165) is 12.2 Å². The van der Waals surface area contributed by atoms with Gasteiger partial charge in [-0.1, -0.05) is 6.92 Å². The quantitative estimate of drug-likeness (QED) is 0.686. The normalized spacial score (nSPS) is 21.7. The number of carbonyl (C=O) groups is 3. The molecule has 3 amide bonds. The third kappa shape index (κ3) is 4.45. The fourth-order valence-electron chi connectivity index (χ4n) is 3.54. The lowest BCUT2D eigenvalue weighted by atomic mass is 10.1. The molecule has 27 heavy (non-hydrogen) atoms. The SMILES string of the molecule is CCCOc1ccc(N2C(=O)CC(N3CCN(CC(N)=O)CC3)C2=O)cc1. The summed E-state index contributed by atoms with van der Waals surface area (Å²) in [6.07, 6.45) is 1.10. The summed E-state index contributed by atoms with van der Waals surface area (Å²) in [4.78, 5) is 41.6. The van der Waals surface area contributed by atoms with Crippen LogP contribution in [0.25, 0.3) is 0 Å². The van der Waals surface area contributed by atoms with Gasteiger partial charge in [0.1, 0.15) is 5.75 Å². The van der Waals surface area contributed by atoms with E-state index in [1.807, 2.05) is 16.7 Å². The predicted octanol–water partition coefficient (Wildman–Crippen LogP) is 0.210. The van der Waals surface area contributed by atoms with Crippen LogP contribution in [0.5, 0.6) is 5.75 Å². The molecule has 0 aliphatic carbocycles. The molecule has 2 aliphatic heterocycles. The van der Waals surface area contributed by atoms with Crippen LogP contribution in [0, 0.1) is 0 Å². The van der Waals surface area contributed by atoms with Crippen molar-refractivity contribution in [2.24, 2.45) is 5.73 Å². The maximum absolute atomic E-state index is 12.9. The summed E-state index contributed by atoms with van der Waals surface area (Å²) in [5.41, 5.74) is 5.80. The molecule has 8 heteroatoms. The van der Waals surface area contributed by atoms with Crippen molar-refractivity contribution in [3.8, 4) is 5.75 Å². The molecule has 0 radical (unpaired) electrons. The van der Waals surface area contributed by atoms with E-state index in [1.165, 1.54) is 4.90 Å². The third-order valence-corrected chi connectivity index (χ3v) is 4.92. The Morgan fingerprint density at radius 1 is 1.15 bits per heavy atom. The van der Waals surface area contributed by atoms with Crippen molar-refractivity contribution in [1.29, 1.82) is 0 Å². The molecule has 1 aromatic rings. The Hall–Kier alpha value is -2.45. The number of hydrogen-bond donors (Lipinski definition) is 1. The van der Waals surface area contributed by atoms with Crippen molar-refractivity contribution in [2.75, 3.05) is 44.2 Å². The predicted molar refractivity (Wildman–Crippen MR) is 100 cm³/mol. The van der Waals surface area contributed by atoms with Crippen LogP contribution in [-0.4, -0.2) is 72.9 Å². The molecule has 2 saturated heterocycles. The molecule has 2 aliphatic rings. The van der Waals surface area contributed by atoms with Crippen LogP contribution in [0.4, 0.5) is 5.69 Å². The van der Waals surface area contributed by atoms with Crippen LogP contribution in [0.15, 0.2) is 24.3 Å². The zero-order valence-electron chi connectivity index (χ0n) is 15.6. The first-order valence-corrected chi connectivity index (χ1v) is 9.34. The van der Waals surface area contributed by atoms with E-state index in [2.05, 4.69) is 0 Å². The van der Waals surface area contributed by atoms with Crippen LogP contribution in [-0.2, 0) is 14.4 Å². The Morgan fingerprint density at radius 2 is 1.81 bits per heavy atom. The molecule has 0 saturated carbocycles. The van der Waals surface area contributed by atoms with Crippen molar-refractivity contribution in [2.45, 2.75) is 25.8 Å². The molecule has 1 atom stereocenters. The molecule has 146 valence electrons. The molecule has 2 N–H and O–H groups in total. The van der Waals surface area contributed by atoms with E-state index < -0.39 is 6.04 Å². The molecule has 0 aromatic heterocycles. The van der Waals surface area contributed by atoms with Gasteiger partial charge in [0.2, 0.25) is 11.8 Å².